The molecule has 0 fully saturated rings. The SMILES string of the molecule is CCn1c(C)c(C(=O)C(C)N(CCC(C)C)C(=O)c2ccc(OC)cc2)c(C)c1C(=O)OC. The largest absolute Gasteiger partial charge is 0.497 e. The van der Waals surface area contributed by atoms with Crippen LogP contribution in [0.1, 0.15) is 76.6 Å². The number of Topliss-reactive ketones (excluding diaryl/α,β-unsaturated/α-hetero) is 1. The average Bonchev–Trinajstić information content (AvgIpc) is 3.06. The smallest absolute Gasteiger partial charge is 0.354 e. The first-order valence-electron chi connectivity index (χ1n) is 11.4. The Labute approximate surface area is 196 Å². The van der Waals surface area contributed by atoms with E-state index in [0.29, 0.717) is 52.8 Å². The molecule has 1 aromatic carbocycles. The van der Waals surface area contributed by atoms with Crippen LogP contribution >= 0.6 is 0 Å². The number of ketones is 1. The van der Waals surface area contributed by atoms with Gasteiger partial charge in [-0.1, -0.05) is 13.8 Å². The monoisotopic (exact) mass is 456 g/mol. The van der Waals surface area contributed by atoms with Gasteiger partial charge in [0.25, 0.3) is 5.91 Å². The molecule has 1 amide bonds. The summed E-state index contributed by atoms with van der Waals surface area (Å²) in [6.45, 7) is 12.4. The number of aromatic nitrogens is 1. The lowest BCUT2D eigenvalue weighted by atomic mass is 9.98. The van der Waals surface area contributed by atoms with Crippen molar-refractivity contribution >= 4 is 17.7 Å². The third-order valence-corrected chi connectivity index (χ3v) is 6.10. The van der Waals surface area contributed by atoms with E-state index in [-0.39, 0.29) is 11.7 Å². The van der Waals surface area contributed by atoms with E-state index < -0.39 is 12.0 Å². The van der Waals surface area contributed by atoms with Crippen LogP contribution in [0.3, 0.4) is 0 Å². The van der Waals surface area contributed by atoms with Crippen LogP contribution in [0.5, 0.6) is 5.75 Å². The highest BCUT2D eigenvalue weighted by Gasteiger charge is 2.33. The van der Waals surface area contributed by atoms with Crippen molar-refractivity contribution in [3.05, 3.63) is 52.3 Å². The van der Waals surface area contributed by atoms with Crippen molar-refractivity contribution < 1.29 is 23.9 Å². The van der Waals surface area contributed by atoms with Gasteiger partial charge in [0.05, 0.1) is 20.3 Å². The first kappa shape index (κ1) is 26.2. The molecule has 180 valence electrons. The third-order valence-electron chi connectivity index (χ3n) is 6.10. The second-order valence-electron chi connectivity index (χ2n) is 8.62. The molecular formula is C26H36N2O5. The number of ether oxygens (including phenoxy) is 2. The molecule has 2 rings (SSSR count). The van der Waals surface area contributed by atoms with Crippen molar-refractivity contribution in [2.45, 2.75) is 60.5 Å². The van der Waals surface area contributed by atoms with Crippen LogP contribution in [0.25, 0.3) is 0 Å². The highest BCUT2D eigenvalue weighted by Crippen LogP contribution is 2.26. The Morgan fingerprint density at radius 3 is 2.12 bits per heavy atom. The summed E-state index contributed by atoms with van der Waals surface area (Å²) in [7, 11) is 2.90. The Balaban J connectivity index is 2.48. The van der Waals surface area contributed by atoms with Crippen LogP contribution in [0, 0.1) is 19.8 Å². The maximum atomic E-state index is 13.7. The summed E-state index contributed by atoms with van der Waals surface area (Å²) in [5.74, 6) is 0.154. The molecule has 0 aliphatic rings. The number of methoxy groups -OCH3 is 2. The third kappa shape index (κ3) is 5.46. The zero-order valence-corrected chi connectivity index (χ0v) is 21.0. The lowest BCUT2D eigenvalue weighted by Gasteiger charge is -2.29. The van der Waals surface area contributed by atoms with E-state index in [4.69, 9.17) is 9.47 Å². The fourth-order valence-electron chi connectivity index (χ4n) is 4.13. The molecule has 1 heterocycles. The van der Waals surface area contributed by atoms with Gasteiger partial charge in [0.15, 0.2) is 5.78 Å². The summed E-state index contributed by atoms with van der Waals surface area (Å²) < 4.78 is 11.9. The van der Waals surface area contributed by atoms with Gasteiger partial charge in [0, 0.05) is 29.9 Å². The minimum atomic E-state index is -0.700. The number of hydrogen-bond acceptors (Lipinski definition) is 5. The van der Waals surface area contributed by atoms with Crippen LogP contribution in [0.4, 0.5) is 0 Å². The molecule has 2 aromatic rings. The summed E-state index contributed by atoms with van der Waals surface area (Å²) in [5, 5.41) is 0. The van der Waals surface area contributed by atoms with Crippen LogP contribution < -0.4 is 4.74 Å². The number of hydrogen-bond donors (Lipinski definition) is 0. The van der Waals surface area contributed by atoms with Crippen molar-refractivity contribution in [2.75, 3.05) is 20.8 Å². The van der Waals surface area contributed by atoms with Crippen LogP contribution in [0.2, 0.25) is 0 Å². The van der Waals surface area contributed by atoms with Gasteiger partial charge in [-0.2, -0.15) is 0 Å². The minimum Gasteiger partial charge on any atom is -0.497 e. The van der Waals surface area contributed by atoms with Crippen molar-refractivity contribution in [1.82, 2.24) is 9.47 Å². The highest BCUT2D eigenvalue weighted by atomic mass is 16.5. The lowest BCUT2D eigenvalue weighted by Crippen LogP contribution is -2.44. The summed E-state index contributed by atoms with van der Waals surface area (Å²) >= 11 is 0. The highest BCUT2D eigenvalue weighted by molar-refractivity contribution is 6.07. The Hall–Kier alpha value is -3.09. The molecule has 0 saturated carbocycles. The zero-order chi connectivity index (χ0) is 24.9. The number of amides is 1. The lowest BCUT2D eigenvalue weighted by molar-refractivity contribution is 0.0586. The van der Waals surface area contributed by atoms with E-state index in [1.54, 1.807) is 54.7 Å². The average molecular weight is 457 g/mol. The van der Waals surface area contributed by atoms with Gasteiger partial charge in [-0.3, -0.25) is 9.59 Å². The quantitative estimate of drug-likeness (QED) is 0.383. The molecule has 0 spiro atoms. The van der Waals surface area contributed by atoms with Crippen molar-refractivity contribution in [3.8, 4) is 5.75 Å². The topological polar surface area (TPSA) is 77.8 Å². The van der Waals surface area contributed by atoms with Gasteiger partial charge in [-0.25, -0.2) is 4.79 Å². The fourth-order valence-corrected chi connectivity index (χ4v) is 4.13. The Morgan fingerprint density at radius 1 is 1.03 bits per heavy atom. The van der Waals surface area contributed by atoms with E-state index in [1.165, 1.54) is 7.11 Å². The van der Waals surface area contributed by atoms with Crippen molar-refractivity contribution in [1.29, 1.82) is 0 Å². The second kappa shape index (κ2) is 11.2. The number of carbonyl (C=O) groups is 3. The molecule has 0 bridgehead atoms. The van der Waals surface area contributed by atoms with E-state index in [0.717, 1.165) is 6.42 Å². The van der Waals surface area contributed by atoms with Gasteiger partial charge in [0.2, 0.25) is 0 Å². The molecular weight excluding hydrogens is 420 g/mol. The first-order valence-corrected chi connectivity index (χ1v) is 11.4. The first-order chi connectivity index (χ1) is 15.6. The van der Waals surface area contributed by atoms with Crippen molar-refractivity contribution in [2.24, 2.45) is 5.92 Å². The van der Waals surface area contributed by atoms with E-state index in [2.05, 4.69) is 13.8 Å². The summed E-state index contributed by atoms with van der Waals surface area (Å²) in [6, 6.07) is 6.19. The van der Waals surface area contributed by atoms with Gasteiger partial charge in [-0.15, -0.1) is 0 Å². The summed E-state index contributed by atoms with van der Waals surface area (Å²) in [5.41, 5.74) is 2.63. The Morgan fingerprint density at radius 2 is 1.64 bits per heavy atom. The molecule has 1 unspecified atom stereocenters. The normalized spacial score (nSPS) is 11.9. The summed E-state index contributed by atoms with van der Waals surface area (Å²) in [4.78, 5) is 41.2. The summed E-state index contributed by atoms with van der Waals surface area (Å²) in [6.07, 6.45) is 0.765. The molecule has 7 nitrogen and oxygen atoms in total. The fraction of sp³-hybridized carbons (Fsp3) is 0.500. The Kier molecular flexibility index (Phi) is 8.85. The predicted molar refractivity (Wildman–Crippen MR) is 128 cm³/mol. The van der Waals surface area contributed by atoms with Crippen LogP contribution in [-0.2, 0) is 11.3 Å². The molecule has 1 atom stereocenters. The van der Waals surface area contributed by atoms with Crippen molar-refractivity contribution in [3.63, 3.8) is 0 Å². The van der Waals surface area contributed by atoms with Gasteiger partial charge in [0.1, 0.15) is 11.4 Å². The van der Waals surface area contributed by atoms with Gasteiger partial charge >= 0.3 is 5.97 Å². The number of nitrogens with zero attached hydrogens (tertiary/aromatic N) is 2. The van der Waals surface area contributed by atoms with E-state index in [9.17, 15) is 14.4 Å². The maximum absolute atomic E-state index is 13.7. The standard InChI is InChI=1S/C26H36N2O5/c1-9-27-18(5)22(17(4)23(27)26(31)33-8)24(29)19(6)28(15-14-16(2)3)25(30)20-10-12-21(32-7)13-11-20/h10-13,16,19H,9,14-15H2,1-8H3. The molecule has 0 radical (unpaired) electrons. The molecule has 0 N–H and O–H groups in total. The molecule has 7 heteroatoms. The zero-order valence-electron chi connectivity index (χ0n) is 21.0. The maximum Gasteiger partial charge on any atom is 0.354 e. The molecule has 33 heavy (non-hydrogen) atoms. The predicted octanol–water partition coefficient (Wildman–Crippen LogP) is 4.68. The Bertz CT molecular complexity index is 1000. The van der Waals surface area contributed by atoms with Gasteiger partial charge in [-0.05, 0) is 69.9 Å². The van der Waals surface area contributed by atoms with E-state index >= 15 is 0 Å². The van der Waals surface area contributed by atoms with Gasteiger partial charge < -0.3 is 18.9 Å². The molecule has 0 aliphatic carbocycles. The second-order valence-corrected chi connectivity index (χ2v) is 8.62. The minimum absolute atomic E-state index is 0.187. The number of benzene rings is 1. The molecule has 1 aromatic heterocycles. The number of esters is 1. The van der Waals surface area contributed by atoms with Crippen LogP contribution in [-0.4, -0.2) is 53.9 Å². The number of carbonyl (C=O) groups excluding carboxylic acids is 3. The molecule has 0 saturated heterocycles. The molecule has 0 aliphatic heterocycles. The van der Waals surface area contributed by atoms with E-state index in [1.807, 2.05) is 13.8 Å². The van der Waals surface area contributed by atoms with Crippen LogP contribution in [0.15, 0.2) is 24.3 Å². The number of rotatable bonds is 10.